The molecular weight excluding hydrogens is 322 g/mol. The topological polar surface area (TPSA) is 92.4 Å². The van der Waals surface area contributed by atoms with Crippen LogP contribution >= 0.6 is 0 Å². The Kier molecular flexibility index (Phi) is 6.76. The van der Waals surface area contributed by atoms with Crippen LogP contribution in [0.1, 0.15) is 17.9 Å². The Labute approximate surface area is 146 Å². The highest BCUT2D eigenvalue weighted by molar-refractivity contribution is 5.74. The van der Waals surface area contributed by atoms with Crippen LogP contribution in [-0.4, -0.2) is 49.9 Å². The van der Waals surface area contributed by atoms with E-state index in [-0.39, 0.29) is 24.7 Å². The molecular formula is C17H25N5O3. The number of nitrogens with one attached hydrogen (secondary N) is 1. The number of aromatic nitrogens is 3. The molecule has 0 aromatic carbocycles. The number of nitrogens with zero attached hydrogens (tertiary/aromatic N) is 4. The molecule has 2 aromatic heterocycles. The maximum Gasteiger partial charge on any atom is 0.317 e. The van der Waals surface area contributed by atoms with E-state index >= 15 is 0 Å². The van der Waals surface area contributed by atoms with Gasteiger partial charge in [-0.25, -0.2) is 9.78 Å². The molecule has 0 saturated carbocycles. The van der Waals surface area contributed by atoms with Crippen molar-refractivity contribution in [2.45, 2.75) is 26.4 Å². The third-order valence-electron chi connectivity index (χ3n) is 4.01. The average Bonchev–Trinajstić information content (AvgIpc) is 2.98. The monoisotopic (exact) mass is 347 g/mol. The average molecular weight is 347 g/mol. The minimum Gasteiger partial charge on any atom is -0.395 e. The molecule has 8 heteroatoms. The van der Waals surface area contributed by atoms with Crippen molar-refractivity contribution in [2.75, 3.05) is 19.7 Å². The van der Waals surface area contributed by atoms with Gasteiger partial charge in [0.25, 0.3) is 5.56 Å². The quantitative estimate of drug-likeness (QED) is 0.680. The summed E-state index contributed by atoms with van der Waals surface area (Å²) in [4.78, 5) is 29.8. The van der Waals surface area contributed by atoms with Crippen LogP contribution in [0.3, 0.4) is 0 Å². The standard InChI is InChI=1S/C17H25N5O3/c1-14-5-3-6-16(24)22(14)9-4-7-19-17(25)21(11-12-23)13-15-18-8-10-20(15)2/h3,5-6,8,10,23H,4,7,9,11-13H2,1-2H3,(H,19,25). The second-order valence-corrected chi connectivity index (χ2v) is 5.84. The second kappa shape index (κ2) is 9.03. The summed E-state index contributed by atoms with van der Waals surface area (Å²) >= 11 is 0. The number of rotatable bonds is 8. The van der Waals surface area contributed by atoms with E-state index in [4.69, 9.17) is 0 Å². The molecule has 0 spiro atoms. The van der Waals surface area contributed by atoms with Crippen LogP contribution in [0.5, 0.6) is 0 Å². The third kappa shape index (κ3) is 5.18. The van der Waals surface area contributed by atoms with Crippen molar-refractivity contribution in [3.63, 3.8) is 0 Å². The van der Waals surface area contributed by atoms with Gasteiger partial charge in [0, 0.05) is 50.8 Å². The van der Waals surface area contributed by atoms with Gasteiger partial charge < -0.3 is 24.5 Å². The van der Waals surface area contributed by atoms with Crippen LogP contribution in [-0.2, 0) is 20.1 Å². The highest BCUT2D eigenvalue weighted by Gasteiger charge is 2.15. The fourth-order valence-electron chi connectivity index (χ4n) is 2.55. The molecule has 0 radical (unpaired) electrons. The Hall–Kier alpha value is -2.61. The van der Waals surface area contributed by atoms with Gasteiger partial charge in [0.1, 0.15) is 5.82 Å². The predicted molar refractivity (Wildman–Crippen MR) is 94.2 cm³/mol. The van der Waals surface area contributed by atoms with E-state index in [0.29, 0.717) is 26.1 Å². The molecule has 25 heavy (non-hydrogen) atoms. The molecule has 2 amide bonds. The summed E-state index contributed by atoms with van der Waals surface area (Å²) in [6.45, 7) is 3.32. The number of carbonyl (C=O) groups is 1. The van der Waals surface area contributed by atoms with Crippen molar-refractivity contribution in [1.29, 1.82) is 0 Å². The Bertz CT molecular complexity index is 753. The zero-order valence-electron chi connectivity index (χ0n) is 14.7. The van der Waals surface area contributed by atoms with Crippen LogP contribution in [0, 0.1) is 6.92 Å². The molecule has 0 aliphatic heterocycles. The molecule has 0 unspecified atom stereocenters. The maximum absolute atomic E-state index is 12.3. The summed E-state index contributed by atoms with van der Waals surface area (Å²) in [6, 6.07) is 4.89. The molecule has 136 valence electrons. The van der Waals surface area contributed by atoms with Crippen molar-refractivity contribution in [1.82, 2.24) is 24.3 Å². The van der Waals surface area contributed by atoms with Crippen molar-refractivity contribution in [3.05, 3.63) is 52.5 Å². The van der Waals surface area contributed by atoms with Crippen LogP contribution < -0.4 is 10.9 Å². The van der Waals surface area contributed by atoms with Crippen molar-refractivity contribution >= 4 is 6.03 Å². The van der Waals surface area contributed by atoms with Crippen molar-refractivity contribution in [2.24, 2.45) is 7.05 Å². The number of amides is 2. The van der Waals surface area contributed by atoms with E-state index in [1.807, 2.05) is 30.8 Å². The van der Waals surface area contributed by atoms with Crippen LogP contribution in [0.4, 0.5) is 4.79 Å². The third-order valence-corrected chi connectivity index (χ3v) is 4.01. The number of aliphatic hydroxyl groups is 1. The molecule has 2 rings (SSSR count). The molecule has 2 aromatic rings. The highest BCUT2D eigenvalue weighted by atomic mass is 16.3. The predicted octanol–water partition coefficient (Wildman–Crippen LogP) is 0.484. The van der Waals surface area contributed by atoms with E-state index in [2.05, 4.69) is 10.3 Å². The number of aliphatic hydroxyl groups excluding tert-OH is 1. The summed E-state index contributed by atoms with van der Waals surface area (Å²) in [6.07, 6.45) is 4.13. The van der Waals surface area contributed by atoms with Gasteiger partial charge in [0.2, 0.25) is 0 Å². The lowest BCUT2D eigenvalue weighted by atomic mass is 10.3. The molecule has 0 aliphatic rings. The Morgan fingerprint density at radius 1 is 1.40 bits per heavy atom. The lowest BCUT2D eigenvalue weighted by molar-refractivity contribution is 0.171. The van der Waals surface area contributed by atoms with E-state index in [0.717, 1.165) is 11.5 Å². The Balaban J connectivity index is 1.84. The van der Waals surface area contributed by atoms with Gasteiger partial charge in [-0.3, -0.25) is 4.79 Å². The van der Waals surface area contributed by atoms with Gasteiger partial charge in [-0.05, 0) is 19.4 Å². The van der Waals surface area contributed by atoms with Gasteiger partial charge in [-0.2, -0.15) is 0 Å². The van der Waals surface area contributed by atoms with Gasteiger partial charge in [0.15, 0.2) is 0 Å². The number of hydrogen-bond acceptors (Lipinski definition) is 4. The first kappa shape index (κ1) is 18.7. The first-order chi connectivity index (χ1) is 12.0. The SMILES string of the molecule is Cc1cccc(=O)n1CCCNC(=O)N(CCO)Cc1nccn1C. The first-order valence-electron chi connectivity index (χ1n) is 8.29. The van der Waals surface area contributed by atoms with Crippen molar-refractivity contribution in [3.8, 4) is 0 Å². The Morgan fingerprint density at radius 3 is 2.84 bits per heavy atom. The van der Waals surface area contributed by atoms with Crippen LogP contribution in [0.25, 0.3) is 0 Å². The van der Waals surface area contributed by atoms with Crippen molar-refractivity contribution < 1.29 is 9.90 Å². The van der Waals surface area contributed by atoms with Crippen LogP contribution in [0.2, 0.25) is 0 Å². The number of imidazole rings is 1. The molecule has 2 N–H and O–H groups in total. The minimum atomic E-state index is -0.255. The summed E-state index contributed by atoms with van der Waals surface area (Å²) in [5.74, 6) is 0.745. The summed E-state index contributed by atoms with van der Waals surface area (Å²) in [5, 5.41) is 12.0. The van der Waals surface area contributed by atoms with E-state index < -0.39 is 0 Å². The molecule has 8 nitrogen and oxygen atoms in total. The van der Waals surface area contributed by atoms with Gasteiger partial charge in [0.05, 0.1) is 13.2 Å². The number of carbonyl (C=O) groups excluding carboxylic acids is 1. The van der Waals surface area contributed by atoms with Gasteiger partial charge in [-0.15, -0.1) is 0 Å². The van der Waals surface area contributed by atoms with E-state index in [1.54, 1.807) is 16.8 Å². The number of pyridine rings is 1. The largest absolute Gasteiger partial charge is 0.395 e. The molecule has 0 bridgehead atoms. The van der Waals surface area contributed by atoms with E-state index in [1.165, 1.54) is 11.0 Å². The lowest BCUT2D eigenvalue weighted by Crippen LogP contribution is -2.42. The van der Waals surface area contributed by atoms with Gasteiger partial charge in [-0.1, -0.05) is 6.07 Å². The molecule has 2 heterocycles. The highest BCUT2D eigenvalue weighted by Crippen LogP contribution is 2.02. The smallest absolute Gasteiger partial charge is 0.317 e. The van der Waals surface area contributed by atoms with Crippen LogP contribution in [0.15, 0.2) is 35.4 Å². The normalized spacial score (nSPS) is 10.7. The Morgan fingerprint density at radius 2 is 2.20 bits per heavy atom. The fraction of sp³-hybridized carbons (Fsp3) is 0.471. The minimum absolute atomic E-state index is 0.0389. The lowest BCUT2D eigenvalue weighted by Gasteiger charge is -2.22. The molecule has 0 atom stereocenters. The maximum atomic E-state index is 12.3. The van der Waals surface area contributed by atoms with Gasteiger partial charge >= 0.3 is 6.03 Å². The zero-order chi connectivity index (χ0) is 18.2. The number of aryl methyl sites for hydroxylation is 2. The molecule has 0 aliphatic carbocycles. The molecule has 0 fully saturated rings. The zero-order valence-corrected chi connectivity index (χ0v) is 14.7. The summed E-state index contributed by atoms with van der Waals surface area (Å²) < 4.78 is 3.52. The molecule has 0 saturated heterocycles. The number of urea groups is 1. The van der Waals surface area contributed by atoms with E-state index in [9.17, 15) is 14.7 Å². The fourth-order valence-corrected chi connectivity index (χ4v) is 2.55. The summed E-state index contributed by atoms with van der Waals surface area (Å²) in [5.41, 5.74) is 0.860. The number of hydrogen-bond donors (Lipinski definition) is 2. The second-order valence-electron chi connectivity index (χ2n) is 5.84. The first-order valence-corrected chi connectivity index (χ1v) is 8.29. The summed E-state index contributed by atoms with van der Waals surface area (Å²) in [7, 11) is 1.86.